The van der Waals surface area contributed by atoms with Crippen LogP contribution in [-0.4, -0.2) is 23.1 Å². The lowest BCUT2D eigenvalue weighted by molar-refractivity contribution is -0.205. The average molecular weight is 429 g/mol. The minimum absolute atomic E-state index is 0.145. The van der Waals surface area contributed by atoms with Gasteiger partial charge in [-0.1, -0.05) is 27.2 Å². The Morgan fingerprint density at radius 3 is 2.39 bits per heavy atom. The second-order valence-corrected chi connectivity index (χ2v) is 12.7. The molecule has 5 fully saturated rings. The van der Waals surface area contributed by atoms with Crippen LogP contribution in [0, 0.1) is 40.4 Å². The van der Waals surface area contributed by atoms with E-state index in [1.807, 2.05) is 12.1 Å². The molecule has 4 aliphatic carbocycles. The summed E-state index contributed by atoms with van der Waals surface area (Å²) in [4.78, 5) is 0. The van der Waals surface area contributed by atoms with Crippen molar-refractivity contribution in [2.75, 3.05) is 0 Å². The van der Waals surface area contributed by atoms with E-state index in [4.69, 9.17) is 13.9 Å². The van der Waals surface area contributed by atoms with Crippen LogP contribution in [0.15, 0.2) is 22.8 Å². The molecule has 0 aromatic carbocycles. The number of hydrogen-bond acceptors (Lipinski definition) is 4. The van der Waals surface area contributed by atoms with E-state index in [0.717, 1.165) is 30.9 Å². The molecule has 1 unspecified atom stereocenters. The van der Waals surface area contributed by atoms with E-state index in [9.17, 15) is 5.11 Å². The Labute approximate surface area is 187 Å². The maximum Gasteiger partial charge on any atom is 0.163 e. The lowest BCUT2D eigenvalue weighted by atomic mass is 9.42. The monoisotopic (exact) mass is 428 g/mol. The molecule has 172 valence electrons. The Hall–Kier alpha value is -0.840. The number of rotatable bonds is 1. The van der Waals surface area contributed by atoms with Gasteiger partial charge in [-0.05, 0) is 99.5 Å². The fourth-order valence-corrected chi connectivity index (χ4v) is 9.32. The van der Waals surface area contributed by atoms with Crippen LogP contribution in [0.5, 0.6) is 0 Å². The van der Waals surface area contributed by atoms with Gasteiger partial charge in [-0.15, -0.1) is 0 Å². The Morgan fingerprint density at radius 2 is 1.65 bits per heavy atom. The van der Waals surface area contributed by atoms with Gasteiger partial charge in [0, 0.05) is 5.41 Å². The topological polar surface area (TPSA) is 51.8 Å². The maximum atomic E-state index is 12.0. The molecule has 0 radical (unpaired) electrons. The SMILES string of the molecule is C[C@H]1CC[C@@]2(C)[C@H](C1)[C@H]1OC(C)(C)O[C@@H]1C1[C@@H]2CC[C@@]2(C)[C@H]1CC[C@@]2(O)c1ccco1. The van der Waals surface area contributed by atoms with Gasteiger partial charge in [0.25, 0.3) is 0 Å². The summed E-state index contributed by atoms with van der Waals surface area (Å²) in [7, 11) is 0. The van der Waals surface area contributed by atoms with Crippen molar-refractivity contribution < 1.29 is 19.0 Å². The van der Waals surface area contributed by atoms with E-state index in [1.54, 1.807) is 6.26 Å². The first-order chi connectivity index (χ1) is 14.6. The largest absolute Gasteiger partial charge is 0.466 e. The van der Waals surface area contributed by atoms with Crippen molar-refractivity contribution in [3.8, 4) is 0 Å². The van der Waals surface area contributed by atoms with E-state index in [2.05, 4.69) is 34.6 Å². The molecule has 0 amide bonds. The van der Waals surface area contributed by atoms with Crippen molar-refractivity contribution >= 4 is 0 Å². The zero-order chi connectivity index (χ0) is 21.8. The van der Waals surface area contributed by atoms with Crippen LogP contribution in [0.25, 0.3) is 0 Å². The third-order valence-corrected chi connectivity index (χ3v) is 10.9. The normalized spacial score (nSPS) is 55.2. The van der Waals surface area contributed by atoms with Gasteiger partial charge in [0.15, 0.2) is 5.79 Å². The quantitative estimate of drug-likeness (QED) is 0.606. The molecule has 4 heteroatoms. The summed E-state index contributed by atoms with van der Waals surface area (Å²) >= 11 is 0. The van der Waals surface area contributed by atoms with Gasteiger partial charge in [0.05, 0.1) is 18.5 Å². The molecule has 4 saturated carbocycles. The minimum atomic E-state index is -0.880. The lowest BCUT2D eigenvalue weighted by Gasteiger charge is -2.63. The van der Waals surface area contributed by atoms with Crippen molar-refractivity contribution in [3.63, 3.8) is 0 Å². The highest BCUT2D eigenvalue weighted by Gasteiger charge is 2.71. The Balaban J connectivity index is 1.44. The number of aliphatic hydroxyl groups is 1. The number of fused-ring (bicyclic) bond motifs is 8. The zero-order valence-electron chi connectivity index (χ0n) is 19.9. The van der Waals surface area contributed by atoms with Crippen LogP contribution in [0.1, 0.15) is 85.3 Å². The fraction of sp³-hybridized carbons (Fsp3) is 0.852. The fourth-order valence-electron chi connectivity index (χ4n) is 9.32. The van der Waals surface area contributed by atoms with E-state index in [1.165, 1.54) is 25.7 Å². The number of ether oxygens (including phenoxy) is 2. The summed E-state index contributed by atoms with van der Waals surface area (Å²) in [5.74, 6) is 3.12. The predicted octanol–water partition coefficient (Wildman–Crippen LogP) is 5.89. The third kappa shape index (κ3) is 2.59. The molecule has 2 heterocycles. The summed E-state index contributed by atoms with van der Waals surface area (Å²) in [6, 6.07) is 3.89. The first-order valence-corrected chi connectivity index (χ1v) is 12.7. The molecule has 1 aromatic rings. The second-order valence-electron chi connectivity index (χ2n) is 12.7. The van der Waals surface area contributed by atoms with Crippen molar-refractivity contribution in [2.24, 2.45) is 40.4 Å². The molecule has 6 rings (SSSR count). The molecule has 1 saturated heterocycles. The average Bonchev–Trinajstić information content (AvgIpc) is 3.41. The molecule has 5 aliphatic rings. The van der Waals surface area contributed by atoms with Crippen LogP contribution in [0.4, 0.5) is 0 Å². The Bertz CT molecular complexity index is 847. The number of hydrogen-bond donors (Lipinski definition) is 1. The van der Waals surface area contributed by atoms with Gasteiger partial charge < -0.3 is 19.0 Å². The van der Waals surface area contributed by atoms with Crippen molar-refractivity contribution in [1.82, 2.24) is 0 Å². The Morgan fingerprint density at radius 1 is 0.903 bits per heavy atom. The number of furan rings is 1. The Kier molecular flexibility index (Phi) is 4.28. The summed E-state index contributed by atoms with van der Waals surface area (Å²) in [5.41, 5.74) is -0.748. The maximum absolute atomic E-state index is 12.0. The van der Waals surface area contributed by atoms with Gasteiger partial charge in [-0.25, -0.2) is 0 Å². The smallest absolute Gasteiger partial charge is 0.163 e. The first kappa shape index (κ1) is 20.7. The molecule has 31 heavy (non-hydrogen) atoms. The second kappa shape index (κ2) is 6.39. The van der Waals surface area contributed by atoms with Crippen LogP contribution < -0.4 is 0 Å². The van der Waals surface area contributed by atoms with Crippen molar-refractivity contribution in [1.29, 1.82) is 0 Å². The van der Waals surface area contributed by atoms with Gasteiger partial charge >= 0.3 is 0 Å². The highest BCUT2D eigenvalue weighted by atomic mass is 16.8. The summed E-state index contributed by atoms with van der Waals surface area (Å²) in [5, 5.41) is 12.0. The van der Waals surface area contributed by atoms with Crippen molar-refractivity contribution in [3.05, 3.63) is 24.2 Å². The van der Waals surface area contributed by atoms with E-state index in [-0.39, 0.29) is 17.6 Å². The highest BCUT2D eigenvalue weighted by molar-refractivity contribution is 5.24. The van der Waals surface area contributed by atoms with Gasteiger partial charge in [-0.2, -0.15) is 0 Å². The molecule has 0 bridgehead atoms. The van der Waals surface area contributed by atoms with E-state index < -0.39 is 11.4 Å². The lowest BCUT2D eigenvalue weighted by Crippen LogP contribution is -2.63. The third-order valence-electron chi connectivity index (χ3n) is 10.9. The molecule has 4 nitrogen and oxygen atoms in total. The molecular formula is C27H40O4. The molecular weight excluding hydrogens is 388 g/mol. The van der Waals surface area contributed by atoms with Crippen LogP contribution in [0.2, 0.25) is 0 Å². The zero-order valence-corrected chi connectivity index (χ0v) is 19.9. The van der Waals surface area contributed by atoms with E-state index in [0.29, 0.717) is 29.1 Å². The van der Waals surface area contributed by atoms with Crippen LogP contribution in [-0.2, 0) is 15.1 Å². The summed E-state index contributed by atoms with van der Waals surface area (Å²) in [6.45, 7) is 11.5. The van der Waals surface area contributed by atoms with Gasteiger partial charge in [0.2, 0.25) is 0 Å². The first-order valence-electron chi connectivity index (χ1n) is 12.7. The molecule has 1 N–H and O–H groups in total. The van der Waals surface area contributed by atoms with Gasteiger partial charge in [-0.3, -0.25) is 0 Å². The summed E-state index contributed by atoms with van der Waals surface area (Å²) < 4.78 is 19.2. The molecule has 0 spiro atoms. The summed E-state index contributed by atoms with van der Waals surface area (Å²) in [6.07, 6.45) is 9.99. The highest BCUT2D eigenvalue weighted by Crippen LogP contribution is 2.71. The van der Waals surface area contributed by atoms with Crippen LogP contribution in [0.3, 0.4) is 0 Å². The van der Waals surface area contributed by atoms with E-state index >= 15 is 0 Å². The standard InChI is InChI=1S/C27H40O4/c1-16-8-11-25(4)17-9-12-26(5)18(10-13-27(26,28)20-7-6-14-29-20)21(17)23-22(19(25)15-16)30-24(2,3)31-23/h6-7,14,16-19,21-23,28H,8-13,15H2,1-5H3/t16-,17-,18-,19+,21?,22+,23+,25+,26-,27+/m0/s1. The van der Waals surface area contributed by atoms with Crippen LogP contribution >= 0.6 is 0 Å². The minimum Gasteiger partial charge on any atom is -0.466 e. The predicted molar refractivity (Wildman–Crippen MR) is 118 cm³/mol. The van der Waals surface area contributed by atoms with Gasteiger partial charge in [0.1, 0.15) is 11.4 Å². The van der Waals surface area contributed by atoms with Crippen molar-refractivity contribution in [2.45, 2.75) is 103 Å². The molecule has 1 aliphatic heterocycles. The molecule has 1 aromatic heterocycles. The molecule has 10 atom stereocenters.